The molecule has 0 heterocycles. The fourth-order valence-electron chi connectivity index (χ4n) is 3.18. The highest BCUT2D eigenvalue weighted by atomic mass is 79.9. The van der Waals surface area contributed by atoms with Gasteiger partial charge in [-0.25, -0.2) is 17.9 Å². The van der Waals surface area contributed by atoms with Crippen molar-refractivity contribution in [1.82, 2.24) is 4.72 Å². The summed E-state index contributed by atoms with van der Waals surface area (Å²) in [4.78, 5) is 10.8. The Hall–Kier alpha value is -1.32. The maximum Gasteiger partial charge on any atom is 0.341 e. The minimum atomic E-state index is -3.89. The SMILES string of the molecule is O=C(O)COc1cc(Br)cc2c1CCCC2NS(=O)(=O)c1ccc(Cl)cc1Cl. The summed E-state index contributed by atoms with van der Waals surface area (Å²) in [5.74, 6) is -0.653. The predicted molar refractivity (Wildman–Crippen MR) is 110 cm³/mol. The summed E-state index contributed by atoms with van der Waals surface area (Å²) in [6.07, 6.45) is 1.98. The van der Waals surface area contributed by atoms with E-state index in [-0.39, 0.29) is 9.92 Å². The number of ether oxygens (including phenoxy) is 1. The molecule has 1 atom stereocenters. The first kappa shape index (κ1) is 21.4. The smallest absolute Gasteiger partial charge is 0.341 e. The van der Waals surface area contributed by atoms with Crippen LogP contribution >= 0.6 is 39.1 Å². The molecule has 1 aliphatic rings. The van der Waals surface area contributed by atoms with Crippen molar-refractivity contribution >= 4 is 55.1 Å². The highest BCUT2D eigenvalue weighted by Gasteiger charge is 2.29. The zero-order valence-corrected chi connectivity index (χ0v) is 18.3. The summed E-state index contributed by atoms with van der Waals surface area (Å²) in [5, 5.41) is 9.26. The third-order valence-corrected chi connectivity index (χ3v) is 6.98. The number of sulfonamides is 1. The number of nitrogens with one attached hydrogen (secondary N) is 1. The molecular formula is C18H16BrCl2NO5S. The maximum absolute atomic E-state index is 12.9. The minimum Gasteiger partial charge on any atom is -0.482 e. The number of carbonyl (C=O) groups is 1. The molecule has 0 saturated heterocycles. The van der Waals surface area contributed by atoms with Crippen molar-refractivity contribution in [3.63, 3.8) is 0 Å². The van der Waals surface area contributed by atoms with Gasteiger partial charge in [-0.2, -0.15) is 0 Å². The molecule has 2 aromatic carbocycles. The van der Waals surface area contributed by atoms with Crippen LogP contribution in [0.1, 0.15) is 30.0 Å². The average molecular weight is 509 g/mol. The van der Waals surface area contributed by atoms with Crippen LogP contribution < -0.4 is 9.46 Å². The van der Waals surface area contributed by atoms with Crippen molar-refractivity contribution in [2.75, 3.05) is 6.61 Å². The molecule has 2 aromatic rings. The molecule has 1 aliphatic carbocycles. The standard InChI is InChI=1S/C18H16BrCl2NO5S/c19-10-6-13-12(16(7-10)27-9-18(23)24)2-1-3-15(13)22-28(25,26)17-5-4-11(20)8-14(17)21/h4-8,15,22H,1-3,9H2,(H,23,24). The van der Waals surface area contributed by atoms with Crippen LogP contribution in [0.3, 0.4) is 0 Å². The highest BCUT2D eigenvalue weighted by molar-refractivity contribution is 9.10. The predicted octanol–water partition coefficient (Wildman–Crippen LogP) is 4.58. The monoisotopic (exact) mass is 507 g/mol. The Morgan fingerprint density at radius 3 is 2.71 bits per heavy atom. The van der Waals surface area contributed by atoms with Crippen LogP contribution in [0.4, 0.5) is 0 Å². The van der Waals surface area contributed by atoms with E-state index in [0.29, 0.717) is 28.1 Å². The van der Waals surface area contributed by atoms with Gasteiger partial charge in [0.15, 0.2) is 6.61 Å². The number of rotatable bonds is 6. The highest BCUT2D eigenvalue weighted by Crippen LogP contribution is 2.39. The second kappa shape index (κ2) is 8.59. The Kier molecular flexibility index (Phi) is 6.56. The molecule has 0 bridgehead atoms. The van der Waals surface area contributed by atoms with E-state index in [0.717, 1.165) is 17.5 Å². The molecular weight excluding hydrogens is 493 g/mol. The molecule has 28 heavy (non-hydrogen) atoms. The van der Waals surface area contributed by atoms with Gasteiger partial charge < -0.3 is 9.84 Å². The van der Waals surface area contributed by atoms with Crippen molar-refractivity contribution in [3.8, 4) is 5.75 Å². The molecule has 150 valence electrons. The molecule has 0 spiro atoms. The molecule has 0 aromatic heterocycles. The van der Waals surface area contributed by atoms with E-state index in [9.17, 15) is 13.2 Å². The molecule has 0 saturated carbocycles. The van der Waals surface area contributed by atoms with E-state index in [2.05, 4.69) is 20.7 Å². The second-order valence-corrected chi connectivity index (χ2v) is 9.74. The lowest BCUT2D eigenvalue weighted by Crippen LogP contribution is -2.31. The quantitative estimate of drug-likeness (QED) is 0.595. The maximum atomic E-state index is 12.9. The fraction of sp³-hybridized carbons (Fsp3) is 0.278. The molecule has 0 radical (unpaired) electrons. The number of hydrogen-bond acceptors (Lipinski definition) is 4. The van der Waals surface area contributed by atoms with Gasteiger partial charge in [0.05, 0.1) is 5.02 Å². The third kappa shape index (κ3) is 4.80. The first-order valence-electron chi connectivity index (χ1n) is 8.31. The van der Waals surface area contributed by atoms with Gasteiger partial charge in [-0.1, -0.05) is 39.1 Å². The molecule has 0 aliphatic heterocycles. The lowest BCUT2D eigenvalue weighted by Gasteiger charge is -2.28. The summed E-state index contributed by atoms with van der Waals surface area (Å²) in [6, 6.07) is 7.21. The number of carboxylic acid groups (broad SMARTS) is 1. The van der Waals surface area contributed by atoms with Crippen LogP contribution in [0.15, 0.2) is 39.7 Å². The van der Waals surface area contributed by atoms with Gasteiger partial charge in [-0.15, -0.1) is 0 Å². The van der Waals surface area contributed by atoms with Crippen molar-refractivity contribution in [1.29, 1.82) is 0 Å². The summed E-state index contributed by atoms with van der Waals surface area (Å²) in [7, 11) is -3.89. The fourth-order valence-corrected chi connectivity index (χ4v) is 5.66. The van der Waals surface area contributed by atoms with E-state index >= 15 is 0 Å². The Labute approximate surface area is 181 Å². The summed E-state index contributed by atoms with van der Waals surface area (Å²) < 4.78 is 34.5. The Morgan fingerprint density at radius 1 is 1.29 bits per heavy atom. The average Bonchev–Trinajstić information content (AvgIpc) is 2.59. The summed E-state index contributed by atoms with van der Waals surface area (Å²) in [6.45, 7) is -0.473. The van der Waals surface area contributed by atoms with E-state index < -0.39 is 28.6 Å². The van der Waals surface area contributed by atoms with Crippen molar-refractivity contribution in [3.05, 3.63) is 56.0 Å². The molecule has 6 nitrogen and oxygen atoms in total. The molecule has 0 amide bonds. The van der Waals surface area contributed by atoms with Gasteiger partial charge in [0.1, 0.15) is 10.6 Å². The Morgan fingerprint density at radius 2 is 2.04 bits per heavy atom. The van der Waals surface area contributed by atoms with Crippen LogP contribution in [0.5, 0.6) is 5.75 Å². The summed E-state index contributed by atoms with van der Waals surface area (Å²) in [5.41, 5.74) is 1.54. The largest absolute Gasteiger partial charge is 0.482 e. The van der Waals surface area contributed by atoms with Crippen LogP contribution in [0.25, 0.3) is 0 Å². The number of carboxylic acids is 1. The van der Waals surface area contributed by atoms with Crippen LogP contribution in [-0.4, -0.2) is 26.1 Å². The normalized spacial score (nSPS) is 16.5. The third-order valence-electron chi connectivity index (χ3n) is 4.34. The number of aliphatic carboxylic acids is 1. The van der Waals surface area contributed by atoms with Crippen molar-refractivity contribution in [2.24, 2.45) is 0 Å². The molecule has 2 N–H and O–H groups in total. The molecule has 0 fully saturated rings. The number of fused-ring (bicyclic) bond motifs is 1. The van der Waals surface area contributed by atoms with Gasteiger partial charge in [0, 0.05) is 15.5 Å². The zero-order chi connectivity index (χ0) is 20.5. The Bertz CT molecular complexity index is 1030. The van der Waals surface area contributed by atoms with Crippen molar-refractivity contribution in [2.45, 2.75) is 30.2 Å². The molecule has 3 rings (SSSR count). The number of halogens is 3. The molecule has 10 heteroatoms. The van der Waals surface area contributed by atoms with Crippen molar-refractivity contribution < 1.29 is 23.1 Å². The van der Waals surface area contributed by atoms with Gasteiger partial charge in [-0.3, -0.25) is 0 Å². The van der Waals surface area contributed by atoms with Gasteiger partial charge in [0.2, 0.25) is 10.0 Å². The van der Waals surface area contributed by atoms with E-state index in [1.54, 1.807) is 6.07 Å². The number of benzene rings is 2. The van der Waals surface area contributed by atoms with E-state index in [4.69, 9.17) is 33.0 Å². The zero-order valence-electron chi connectivity index (χ0n) is 14.4. The summed E-state index contributed by atoms with van der Waals surface area (Å²) >= 11 is 15.3. The van der Waals surface area contributed by atoms with Crippen LogP contribution in [0, 0.1) is 0 Å². The van der Waals surface area contributed by atoms with Gasteiger partial charge >= 0.3 is 5.97 Å². The lowest BCUT2D eigenvalue weighted by atomic mass is 9.87. The first-order chi connectivity index (χ1) is 13.2. The second-order valence-electron chi connectivity index (χ2n) is 6.29. The van der Waals surface area contributed by atoms with E-state index in [1.807, 2.05) is 6.07 Å². The first-order valence-corrected chi connectivity index (χ1v) is 11.3. The number of hydrogen-bond donors (Lipinski definition) is 2. The van der Waals surface area contributed by atoms with Gasteiger partial charge in [0.25, 0.3) is 0 Å². The van der Waals surface area contributed by atoms with Crippen LogP contribution in [-0.2, 0) is 21.2 Å². The minimum absolute atomic E-state index is 0.0377. The molecule has 1 unspecified atom stereocenters. The Balaban J connectivity index is 1.94. The van der Waals surface area contributed by atoms with Gasteiger partial charge in [-0.05, 0) is 60.7 Å². The lowest BCUT2D eigenvalue weighted by molar-refractivity contribution is -0.139. The van der Waals surface area contributed by atoms with Crippen LogP contribution in [0.2, 0.25) is 10.0 Å². The van der Waals surface area contributed by atoms with E-state index in [1.165, 1.54) is 18.2 Å². The topological polar surface area (TPSA) is 92.7 Å².